The molecule has 0 atom stereocenters. The summed E-state index contributed by atoms with van der Waals surface area (Å²) in [6.07, 6.45) is 12.9. The van der Waals surface area contributed by atoms with Gasteiger partial charge in [0.05, 0.1) is 12.0 Å². The van der Waals surface area contributed by atoms with Crippen LogP contribution in [0.1, 0.15) is 32.1 Å². The predicted molar refractivity (Wildman–Crippen MR) is 52.5 cm³/mol. The minimum absolute atomic E-state index is 0.786. The fraction of sp³-hybridized carbons (Fsp3) is 0.600. The van der Waals surface area contributed by atoms with Gasteiger partial charge in [0.2, 0.25) is 0 Å². The van der Waals surface area contributed by atoms with Crippen LogP contribution in [0.4, 0.5) is 0 Å². The smallest absolute Gasteiger partial charge is 0.102 e. The van der Waals surface area contributed by atoms with Crippen LogP contribution in [-0.2, 0) is 4.18 Å². The summed E-state index contributed by atoms with van der Waals surface area (Å²) < 4.78 is 5.20. The highest BCUT2D eigenvalue weighted by Crippen LogP contribution is 2.37. The number of allylic oxidation sites excluding steroid dienone is 3. The SMILES string of the molecule is C1=COSC(C2CCCCC2)=C1. The van der Waals surface area contributed by atoms with Crippen molar-refractivity contribution in [3.05, 3.63) is 23.3 Å². The van der Waals surface area contributed by atoms with Crippen molar-refractivity contribution < 1.29 is 4.18 Å². The average molecular weight is 182 g/mol. The van der Waals surface area contributed by atoms with Gasteiger partial charge >= 0.3 is 0 Å². The van der Waals surface area contributed by atoms with Gasteiger partial charge in [-0.05, 0) is 30.9 Å². The lowest BCUT2D eigenvalue weighted by Crippen LogP contribution is -2.08. The molecule has 0 unspecified atom stereocenters. The summed E-state index contributed by atoms with van der Waals surface area (Å²) >= 11 is 1.54. The van der Waals surface area contributed by atoms with Gasteiger partial charge in [-0.3, -0.25) is 0 Å². The molecule has 0 bridgehead atoms. The molecule has 0 aromatic rings. The van der Waals surface area contributed by atoms with Crippen LogP contribution in [0.3, 0.4) is 0 Å². The molecule has 1 fully saturated rings. The maximum Gasteiger partial charge on any atom is 0.102 e. The zero-order chi connectivity index (χ0) is 8.23. The number of hydrogen-bond acceptors (Lipinski definition) is 2. The van der Waals surface area contributed by atoms with Gasteiger partial charge in [-0.1, -0.05) is 19.3 Å². The van der Waals surface area contributed by atoms with Gasteiger partial charge in [0.1, 0.15) is 6.26 Å². The highest BCUT2D eigenvalue weighted by atomic mass is 32.2. The Bertz CT molecular complexity index is 202. The first kappa shape index (κ1) is 8.24. The first-order valence-corrected chi connectivity index (χ1v) is 5.41. The molecule has 0 spiro atoms. The topological polar surface area (TPSA) is 9.23 Å². The second kappa shape index (κ2) is 4.04. The van der Waals surface area contributed by atoms with E-state index >= 15 is 0 Å². The third-order valence-electron chi connectivity index (χ3n) is 2.55. The highest BCUT2D eigenvalue weighted by Gasteiger charge is 2.19. The standard InChI is InChI=1S/C10H14OS/c1-2-5-9(6-3-1)10-7-4-8-11-12-10/h4,7-9H,1-3,5-6H2. The minimum atomic E-state index is 0.786. The monoisotopic (exact) mass is 182 g/mol. The maximum absolute atomic E-state index is 5.20. The normalized spacial score (nSPS) is 24.8. The Morgan fingerprint density at radius 2 is 2.08 bits per heavy atom. The van der Waals surface area contributed by atoms with Crippen molar-refractivity contribution in [3.8, 4) is 0 Å². The molecule has 0 amide bonds. The Balaban J connectivity index is 1.97. The second-order valence-electron chi connectivity index (χ2n) is 3.41. The van der Waals surface area contributed by atoms with Crippen molar-refractivity contribution in [1.29, 1.82) is 0 Å². The van der Waals surface area contributed by atoms with Crippen molar-refractivity contribution in [2.24, 2.45) is 5.92 Å². The van der Waals surface area contributed by atoms with Gasteiger partial charge in [-0.25, -0.2) is 0 Å². The van der Waals surface area contributed by atoms with E-state index in [1.54, 1.807) is 18.3 Å². The summed E-state index contributed by atoms with van der Waals surface area (Å²) in [7, 11) is 0. The van der Waals surface area contributed by atoms with E-state index in [2.05, 4.69) is 6.08 Å². The molecule has 0 saturated heterocycles. The predicted octanol–water partition coefficient (Wildman–Crippen LogP) is 3.64. The zero-order valence-electron chi connectivity index (χ0n) is 7.16. The summed E-state index contributed by atoms with van der Waals surface area (Å²) in [5.41, 5.74) is 0. The van der Waals surface area contributed by atoms with Crippen molar-refractivity contribution in [3.63, 3.8) is 0 Å². The largest absolute Gasteiger partial charge is 0.429 e. The molecule has 0 N–H and O–H groups in total. The molecule has 0 aromatic carbocycles. The van der Waals surface area contributed by atoms with Gasteiger partial charge < -0.3 is 4.18 Å². The molecule has 1 nitrogen and oxygen atoms in total. The first-order valence-electron chi connectivity index (χ1n) is 4.67. The van der Waals surface area contributed by atoms with Crippen LogP contribution >= 0.6 is 12.0 Å². The summed E-state index contributed by atoms with van der Waals surface area (Å²) in [5, 5.41) is 0. The molecule has 12 heavy (non-hydrogen) atoms. The molecule has 0 aromatic heterocycles. The van der Waals surface area contributed by atoms with E-state index < -0.39 is 0 Å². The third kappa shape index (κ3) is 1.86. The summed E-state index contributed by atoms with van der Waals surface area (Å²) in [6.45, 7) is 0. The van der Waals surface area contributed by atoms with Crippen LogP contribution in [0, 0.1) is 5.92 Å². The van der Waals surface area contributed by atoms with Gasteiger partial charge in [0, 0.05) is 4.91 Å². The molecule has 2 rings (SSSR count). The van der Waals surface area contributed by atoms with Crippen molar-refractivity contribution in [2.45, 2.75) is 32.1 Å². The van der Waals surface area contributed by atoms with E-state index in [0.717, 1.165) is 5.92 Å². The molecule has 1 saturated carbocycles. The summed E-state index contributed by atoms with van der Waals surface area (Å²) in [5.74, 6) is 0.786. The van der Waals surface area contributed by atoms with Crippen LogP contribution < -0.4 is 0 Å². The van der Waals surface area contributed by atoms with Crippen LogP contribution in [0.25, 0.3) is 0 Å². The van der Waals surface area contributed by atoms with Crippen LogP contribution in [0.2, 0.25) is 0 Å². The van der Waals surface area contributed by atoms with Crippen molar-refractivity contribution in [2.75, 3.05) is 0 Å². The first-order chi connectivity index (χ1) is 5.97. The number of hydrogen-bond donors (Lipinski definition) is 0. The van der Waals surface area contributed by atoms with Gasteiger partial charge in [-0.15, -0.1) is 0 Å². The number of rotatable bonds is 1. The van der Waals surface area contributed by atoms with E-state index in [4.69, 9.17) is 4.18 Å². The average Bonchev–Trinajstić information content (AvgIpc) is 2.21. The Hall–Kier alpha value is -0.370. The Morgan fingerprint density at radius 1 is 1.25 bits per heavy atom. The molecule has 1 aliphatic heterocycles. The van der Waals surface area contributed by atoms with Crippen LogP contribution in [0.15, 0.2) is 23.3 Å². The molecule has 66 valence electrons. The van der Waals surface area contributed by atoms with E-state index in [-0.39, 0.29) is 0 Å². The highest BCUT2D eigenvalue weighted by molar-refractivity contribution is 7.98. The van der Waals surface area contributed by atoms with Crippen molar-refractivity contribution >= 4 is 12.0 Å². The molecule has 2 heteroatoms. The van der Waals surface area contributed by atoms with E-state index in [0.29, 0.717) is 0 Å². The van der Waals surface area contributed by atoms with E-state index in [1.807, 2.05) is 6.08 Å². The zero-order valence-corrected chi connectivity index (χ0v) is 7.98. The van der Waals surface area contributed by atoms with Crippen molar-refractivity contribution in [1.82, 2.24) is 0 Å². The molecule has 2 aliphatic rings. The van der Waals surface area contributed by atoms with E-state index in [1.165, 1.54) is 37.0 Å². The Labute approximate surface area is 78.1 Å². The minimum Gasteiger partial charge on any atom is -0.429 e. The van der Waals surface area contributed by atoms with Gasteiger partial charge in [0.15, 0.2) is 0 Å². The van der Waals surface area contributed by atoms with Crippen LogP contribution in [-0.4, -0.2) is 0 Å². The maximum atomic E-state index is 5.20. The molecular formula is C10H14OS. The molecule has 1 heterocycles. The van der Waals surface area contributed by atoms with E-state index in [9.17, 15) is 0 Å². The summed E-state index contributed by atoms with van der Waals surface area (Å²) in [6, 6.07) is 0. The Morgan fingerprint density at radius 3 is 2.75 bits per heavy atom. The fourth-order valence-corrected chi connectivity index (χ4v) is 2.61. The molecule has 0 radical (unpaired) electrons. The lowest BCUT2D eigenvalue weighted by atomic mass is 9.89. The fourth-order valence-electron chi connectivity index (χ4n) is 1.87. The lowest BCUT2D eigenvalue weighted by Gasteiger charge is -2.23. The van der Waals surface area contributed by atoms with Gasteiger partial charge in [0.25, 0.3) is 0 Å². The van der Waals surface area contributed by atoms with Gasteiger partial charge in [-0.2, -0.15) is 0 Å². The van der Waals surface area contributed by atoms with Crippen LogP contribution in [0.5, 0.6) is 0 Å². The third-order valence-corrected chi connectivity index (χ3v) is 3.42. The quantitative estimate of drug-likeness (QED) is 0.572. The second-order valence-corrected chi connectivity index (χ2v) is 4.24. The molecular weight excluding hydrogens is 168 g/mol. The Kier molecular flexibility index (Phi) is 2.77. The lowest BCUT2D eigenvalue weighted by molar-refractivity contribution is 0.411. The molecule has 1 aliphatic carbocycles. The summed E-state index contributed by atoms with van der Waals surface area (Å²) in [4.78, 5) is 1.43.